The van der Waals surface area contributed by atoms with Crippen LogP contribution in [-0.4, -0.2) is 4.98 Å². The molecule has 0 unspecified atom stereocenters. The van der Waals surface area contributed by atoms with E-state index in [9.17, 15) is 4.39 Å². The predicted molar refractivity (Wildman–Crippen MR) is 59.9 cm³/mol. The van der Waals surface area contributed by atoms with E-state index in [1.165, 1.54) is 17.4 Å². The highest BCUT2D eigenvalue weighted by Crippen LogP contribution is 2.33. The van der Waals surface area contributed by atoms with Crippen LogP contribution in [0.1, 0.15) is 5.01 Å². The van der Waals surface area contributed by atoms with Gasteiger partial charge in [0.05, 0.1) is 14.5 Å². The van der Waals surface area contributed by atoms with Crippen molar-refractivity contribution in [2.75, 3.05) is 0 Å². The molecular formula is C10H7BrFNS. The monoisotopic (exact) mass is 271 g/mol. The average Bonchev–Trinajstić information content (AvgIpc) is 2.46. The Morgan fingerprint density at radius 1 is 1.36 bits per heavy atom. The lowest BCUT2D eigenvalue weighted by Crippen LogP contribution is -1.84. The Hall–Kier alpha value is -0.740. The van der Waals surface area contributed by atoms with E-state index in [0.717, 1.165) is 8.79 Å². The van der Waals surface area contributed by atoms with Gasteiger partial charge in [-0.1, -0.05) is 12.1 Å². The van der Waals surface area contributed by atoms with E-state index >= 15 is 0 Å². The summed E-state index contributed by atoms with van der Waals surface area (Å²) < 4.78 is 14.3. The minimum atomic E-state index is -0.237. The van der Waals surface area contributed by atoms with E-state index in [-0.39, 0.29) is 5.82 Å². The van der Waals surface area contributed by atoms with Gasteiger partial charge < -0.3 is 0 Å². The summed E-state index contributed by atoms with van der Waals surface area (Å²) >= 11 is 4.89. The van der Waals surface area contributed by atoms with Crippen molar-refractivity contribution >= 4 is 27.3 Å². The fourth-order valence-electron chi connectivity index (χ4n) is 1.22. The van der Waals surface area contributed by atoms with Crippen LogP contribution < -0.4 is 0 Å². The summed E-state index contributed by atoms with van der Waals surface area (Å²) in [7, 11) is 0. The summed E-state index contributed by atoms with van der Waals surface area (Å²) in [5, 5.41) is 0.926. The molecule has 14 heavy (non-hydrogen) atoms. The predicted octanol–water partition coefficient (Wildman–Crippen LogP) is 4.02. The van der Waals surface area contributed by atoms with Crippen molar-refractivity contribution in [1.82, 2.24) is 4.98 Å². The number of rotatable bonds is 1. The zero-order chi connectivity index (χ0) is 10.1. The number of thiazole rings is 1. The van der Waals surface area contributed by atoms with Crippen LogP contribution in [0.15, 0.2) is 28.1 Å². The molecule has 1 aromatic heterocycles. The van der Waals surface area contributed by atoms with Crippen molar-refractivity contribution in [3.8, 4) is 11.3 Å². The van der Waals surface area contributed by atoms with Crippen molar-refractivity contribution in [1.29, 1.82) is 0 Å². The summed E-state index contributed by atoms with van der Waals surface area (Å²) in [5.74, 6) is -0.237. The quantitative estimate of drug-likeness (QED) is 0.764. The van der Waals surface area contributed by atoms with Gasteiger partial charge in [0.2, 0.25) is 0 Å². The van der Waals surface area contributed by atoms with Crippen LogP contribution in [-0.2, 0) is 0 Å². The first kappa shape index (κ1) is 9.80. The molecule has 2 rings (SSSR count). The molecule has 0 N–H and O–H groups in total. The Balaban J connectivity index is 2.60. The average molecular weight is 272 g/mol. The van der Waals surface area contributed by atoms with Crippen LogP contribution in [0.2, 0.25) is 0 Å². The van der Waals surface area contributed by atoms with Crippen LogP contribution >= 0.6 is 27.3 Å². The standard InChI is InChI=1S/C10H7BrFNS/c1-6-13-9(10(11)14-6)7-4-2-3-5-8(7)12/h2-5H,1H3. The molecule has 72 valence electrons. The molecule has 1 nitrogen and oxygen atoms in total. The number of aromatic nitrogens is 1. The number of hydrogen-bond donors (Lipinski definition) is 0. The summed E-state index contributed by atoms with van der Waals surface area (Å²) in [5.41, 5.74) is 1.23. The Kier molecular flexibility index (Phi) is 2.65. The van der Waals surface area contributed by atoms with E-state index in [0.29, 0.717) is 11.3 Å². The van der Waals surface area contributed by atoms with Gasteiger partial charge in [0.1, 0.15) is 5.82 Å². The largest absolute Gasteiger partial charge is 0.240 e. The highest BCUT2D eigenvalue weighted by atomic mass is 79.9. The van der Waals surface area contributed by atoms with Crippen LogP contribution in [0, 0.1) is 12.7 Å². The highest BCUT2D eigenvalue weighted by Gasteiger charge is 2.11. The molecule has 0 spiro atoms. The van der Waals surface area contributed by atoms with Gasteiger partial charge in [-0.25, -0.2) is 9.37 Å². The molecule has 0 aliphatic heterocycles. The number of nitrogens with zero attached hydrogens (tertiary/aromatic N) is 1. The minimum Gasteiger partial charge on any atom is -0.240 e. The maximum atomic E-state index is 13.4. The van der Waals surface area contributed by atoms with Gasteiger partial charge in [0.25, 0.3) is 0 Å². The van der Waals surface area contributed by atoms with Gasteiger partial charge in [-0.3, -0.25) is 0 Å². The van der Waals surface area contributed by atoms with Gasteiger partial charge in [-0.2, -0.15) is 0 Å². The maximum absolute atomic E-state index is 13.4. The number of benzene rings is 1. The van der Waals surface area contributed by atoms with Gasteiger partial charge >= 0.3 is 0 Å². The molecule has 0 fully saturated rings. The zero-order valence-electron chi connectivity index (χ0n) is 7.42. The molecule has 0 radical (unpaired) electrons. The number of halogens is 2. The topological polar surface area (TPSA) is 12.9 Å². The Labute approximate surface area is 93.7 Å². The van der Waals surface area contributed by atoms with E-state index in [1.54, 1.807) is 18.2 Å². The third-order valence-electron chi connectivity index (χ3n) is 1.82. The molecular weight excluding hydrogens is 265 g/mol. The van der Waals surface area contributed by atoms with Crippen LogP contribution in [0.5, 0.6) is 0 Å². The first-order chi connectivity index (χ1) is 6.68. The summed E-state index contributed by atoms with van der Waals surface area (Å²) in [6.07, 6.45) is 0. The van der Waals surface area contributed by atoms with Crippen molar-refractivity contribution in [2.45, 2.75) is 6.92 Å². The molecule has 0 atom stereocenters. The molecule has 1 heterocycles. The highest BCUT2D eigenvalue weighted by molar-refractivity contribution is 9.11. The van der Waals surface area contributed by atoms with E-state index < -0.39 is 0 Å². The second-order valence-corrected chi connectivity index (χ2v) is 5.36. The molecule has 0 bridgehead atoms. The fraction of sp³-hybridized carbons (Fsp3) is 0.100. The molecule has 1 aromatic carbocycles. The van der Waals surface area contributed by atoms with Gasteiger partial charge in [-0.05, 0) is 35.0 Å². The van der Waals surface area contributed by atoms with Crippen molar-refractivity contribution in [2.24, 2.45) is 0 Å². The van der Waals surface area contributed by atoms with Gasteiger partial charge in [0.15, 0.2) is 0 Å². The third kappa shape index (κ3) is 1.72. The van der Waals surface area contributed by atoms with E-state index in [1.807, 2.05) is 6.92 Å². The normalized spacial score (nSPS) is 10.5. The van der Waals surface area contributed by atoms with Crippen molar-refractivity contribution in [3.05, 3.63) is 38.9 Å². The van der Waals surface area contributed by atoms with Crippen LogP contribution in [0.3, 0.4) is 0 Å². The Bertz CT molecular complexity index is 467. The number of hydrogen-bond acceptors (Lipinski definition) is 2. The molecule has 0 saturated carbocycles. The molecule has 4 heteroatoms. The van der Waals surface area contributed by atoms with E-state index in [4.69, 9.17) is 0 Å². The lowest BCUT2D eigenvalue weighted by molar-refractivity contribution is 0.631. The lowest BCUT2D eigenvalue weighted by atomic mass is 10.2. The molecule has 0 saturated heterocycles. The minimum absolute atomic E-state index is 0.237. The second kappa shape index (κ2) is 3.79. The third-order valence-corrected chi connectivity index (χ3v) is 3.44. The Morgan fingerprint density at radius 3 is 2.64 bits per heavy atom. The van der Waals surface area contributed by atoms with E-state index in [2.05, 4.69) is 20.9 Å². The molecule has 2 aromatic rings. The Morgan fingerprint density at radius 2 is 2.07 bits per heavy atom. The maximum Gasteiger partial charge on any atom is 0.132 e. The molecule has 0 aliphatic rings. The second-order valence-electron chi connectivity index (χ2n) is 2.84. The van der Waals surface area contributed by atoms with Crippen LogP contribution in [0.25, 0.3) is 11.3 Å². The smallest absolute Gasteiger partial charge is 0.132 e. The lowest BCUT2D eigenvalue weighted by Gasteiger charge is -1.98. The van der Waals surface area contributed by atoms with Crippen LogP contribution in [0.4, 0.5) is 4.39 Å². The van der Waals surface area contributed by atoms with Crippen molar-refractivity contribution in [3.63, 3.8) is 0 Å². The van der Waals surface area contributed by atoms with Gasteiger partial charge in [-0.15, -0.1) is 11.3 Å². The molecule has 0 amide bonds. The summed E-state index contributed by atoms with van der Waals surface area (Å²) in [6, 6.07) is 6.65. The van der Waals surface area contributed by atoms with Crippen molar-refractivity contribution < 1.29 is 4.39 Å². The first-order valence-electron chi connectivity index (χ1n) is 4.06. The molecule has 0 aliphatic carbocycles. The fourth-order valence-corrected chi connectivity index (χ4v) is 2.88. The summed E-state index contributed by atoms with van der Waals surface area (Å²) in [6.45, 7) is 1.90. The summed E-state index contributed by atoms with van der Waals surface area (Å²) in [4.78, 5) is 4.27. The zero-order valence-corrected chi connectivity index (χ0v) is 9.82. The first-order valence-corrected chi connectivity index (χ1v) is 5.67. The van der Waals surface area contributed by atoms with Gasteiger partial charge in [0, 0.05) is 5.56 Å². The SMILES string of the molecule is Cc1nc(-c2ccccc2F)c(Br)s1. The number of aryl methyl sites for hydroxylation is 1.